The summed E-state index contributed by atoms with van der Waals surface area (Å²) in [4.78, 5) is 0. The Morgan fingerprint density at radius 3 is 2.40 bits per heavy atom. The molecule has 15 heavy (non-hydrogen) atoms. The standard InChI is InChI=1S/C13H27NO/c1-3-4-5-6-11-15-13-9-7-12(14-2)8-10-13/h12-14H,3-11H2,1-2H3. The monoisotopic (exact) mass is 213 g/mol. The fourth-order valence-corrected chi connectivity index (χ4v) is 2.30. The lowest BCUT2D eigenvalue weighted by Crippen LogP contribution is -2.33. The van der Waals surface area contributed by atoms with Crippen LogP contribution < -0.4 is 5.32 Å². The van der Waals surface area contributed by atoms with E-state index in [2.05, 4.69) is 19.3 Å². The fourth-order valence-electron chi connectivity index (χ4n) is 2.30. The van der Waals surface area contributed by atoms with E-state index in [1.165, 1.54) is 51.4 Å². The van der Waals surface area contributed by atoms with E-state index < -0.39 is 0 Å². The van der Waals surface area contributed by atoms with E-state index in [1.807, 2.05) is 0 Å². The summed E-state index contributed by atoms with van der Waals surface area (Å²) < 4.78 is 5.89. The predicted octanol–water partition coefficient (Wildman–Crippen LogP) is 3.11. The molecule has 0 bridgehead atoms. The molecule has 0 aromatic heterocycles. The summed E-state index contributed by atoms with van der Waals surface area (Å²) in [5.41, 5.74) is 0. The van der Waals surface area contributed by atoms with Crippen molar-refractivity contribution in [3.05, 3.63) is 0 Å². The van der Waals surface area contributed by atoms with Gasteiger partial charge in [-0.3, -0.25) is 0 Å². The van der Waals surface area contributed by atoms with Crippen molar-refractivity contribution in [1.82, 2.24) is 5.32 Å². The van der Waals surface area contributed by atoms with E-state index in [-0.39, 0.29) is 0 Å². The highest BCUT2D eigenvalue weighted by atomic mass is 16.5. The molecule has 0 radical (unpaired) electrons. The van der Waals surface area contributed by atoms with Gasteiger partial charge in [0.15, 0.2) is 0 Å². The molecule has 0 unspecified atom stereocenters. The van der Waals surface area contributed by atoms with Crippen molar-refractivity contribution in [2.24, 2.45) is 0 Å². The lowest BCUT2D eigenvalue weighted by molar-refractivity contribution is 0.0210. The van der Waals surface area contributed by atoms with Gasteiger partial charge < -0.3 is 10.1 Å². The molecule has 0 saturated heterocycles. The number of hydrogen-bond acceptors (Lipinski definition) is 2. The lowest BCUT2D eigenvalue weighted by Gasteiger charge is -2.28. The zero-order valence-corrected chi connectivity index (χ0v) is 10.4. The van der Waals surface area contributed by atoms with Crippen LogP contribution in [0.3, 0.4) is 0 Å². The molecule has 0 aromatic rings. The van der Waals surface area contributed by atoms with Gasteiger partial charge in [0.1, 0.15) is 0 Å². The molecule has 0 aromatic carbocycles. The Labute approximate surface area is 94.8 Å². The Morgan fingerprint density at radius 2 is 1.80 bits per heavy atom. The van der Waals surface area contributed by atoms with Crippen molar-refractivity contribution in [2.45, 2.75) is 70.4 Å². The first-order chi connectivity index (χ1) is 7.36. The van der Waals surface area contributed by atoms with Crippen LogP contribution in [-0.4, -0.2) is 25.8 Å². The summed E-state index contributed by atoms with van der Waals surface area (Å²) in [6, 6.07) is 0.741. The molecular weight excluding hydrogens is 186 g/mol. The van der Waals surface area contributed by atoms with Crippen molar-refractivity contribution in [2.75, 3.05) is 13.7 Å². The van der Waals surface area contributed by atoms with E-state index >= 15 is 0 Å². The van der Waals surface area contributed by atoms with E-state index in [4.69, 9.17) is 4.74 Å². The summed E-state index contributed by atoms with van der Waals surface area (Å²) in [5.74, 6) is 0. The maximum absolute atomic E-state index is 5.89. The SMILES string of the molecule is CCCCCCOC1CCC(NC)CC1. The van der Waals surface area contributed by atoms with Gasteiger partial charge in [-0.05, 0) is 39.2 Å². The van der Waals surface area contributed by atoms with Gasteiger partial charge in [0.2, 0.25) is 0 Å². The van der Waals surface area contributed by atoms with Crippen molar-refractivity contribution in [1.29, 1.82) is 0 Å². The van der Waals surface area contributed by atoms with Crippen LogP contribution in [0.15, 0.2) is 0 Å². The van der Waals surface area contributed by atoms with Crippen LogP contribution in [0.5, 0.6) is 0 Å². The van der Waals surface area contributed by atoms with Crippen LogP contribution in [0.25, 0.3) is 0 Å². The average molecular weight is 213 g/mol. The number of hydrogen-bond donors (Lipinski definition) is 1. The molecular formula is C13H27NO. The summed E-state index contributed by atoms with van der Waals surface area (Å²) in [6.07, 6.45) is 10.9. The van der Waals surface area contributed by atoms with Crippen molar-refractivity contribution >= 4 is 0 Å². The number of unbranched alkanes of at least 4 members (excludes halogenated alkanes) is 3. The molecule has 2 heteroatoms. The third kappa shape index (κ3) is 5.53. The third-order valence-corrected chi connectivity index (χ3v) is 3.43. The van der Waals surface area contributed by atoms with E-state index in [0.717, 1.165) is 12.6 Å². The molecule has 0 spiro atoms. The van der Waals surface area contributed by atoms with Crippen LogP contribution in [0.1, 0.15) is 58.3 Å². The molecule has 0 heterocycles. The minimum Gasteiger partial charge on any atom is -0.378 e. The molecule has 90 valence electrons. The highest BCUT2D eigenvalue weighted by molar-refractivity contribution is 4.76. The smallest absolute Gasteiger partial charge is 0.0576 e. The maximum Gasteiger partial charge on any atom is 0.0576 e. The molecule has 1 rings (SSSR count). The van der Waals surface area contributed by atoms with Crippen LogP contribution in [0.4, 0.5) is 0 Å². The zero-order valence-electron chi connectivity index (χ0n) is 10.4. The Hall–Kier alpha value is -0.0800. The Morgan fingerprint density at radius 1 is 1.07 bits per heavy atom. The molecule has 0 amide bonds. The lowest BCUT2D eigenvalue weighted by atomic mass is 9.93. The minimum atomic E-state index is 0.552. The highest BCUT2D eigenvalue weighted by Gasteiger charge is 2.19. The summed E-state index contributed by atoms with van der Waals surface area (Å²) >= 11 is 0. The topological polar surface area (TPSA) is 21.3 Å². The Balaban J connectivity index is 1.94. The van der Waals surface area contributed by atoms with Crippen molar-refractivity contribution < 1.29 is 4.74 Å². The van der Waals surface area contributed by atoms with Gasteiger partial charge >= 0.3 is 0 Å². The van der Waals surface area contributed by atoms with Gasteiger partial charge in [-0.15, -0.1) is 0 Å². The first-order valence-corrected chi connectivity index (χ1v) is 6.65. The normalized spacial score (nSPS) is 26.8. The number of rotatable bonds is 7. The zero-order chi connectivity index (χ0) is 10.9. The van der Waals surface area contributed by atoms with Gasteiger partial charge in [0.25, 0.3) is 0 Å². The Bertz CT molecular complexity index is 141. The van der Waals surface area contributed by atoms with Gasteiger partial charge in [-0.25, -0.2) is 0 Å². The average Bonchev–Trinajstić information content (AvgIpc) is 2.30. The van der Waals surface area contributed by atoms with Gasteiger partial charge in [0.05, 0.1) is 6.10 Å². The largest absolute Gasteiger partial charge is 0.378 e. The molecule has 2 nitrogen and oxygen atoms in total. The molecule has 1 aliphatic carbocycles. The number of ether oxygens (including phenoxy) is 1. The summed E-state index contributed by atoms with van der Waals surface area (Å²) in [7, 11) is 2.07. The second-order valence-corrected chi connectivity index (χ2v) is 4.69. The highest BCUT2D eigenvalue weighted by Crippen LogP contribution is 2.21. The second kappa shape index (κ2) is 8.12. The van der Waals surface area contributed by atoms with E-state index in [0.29, 0.717) is 6.10 Å². The predicted molar refractivity (Wildman–Crippen MR) is 65.2 cm³/mol. The maximum atomic E-state index is 5.89. The van der Waals surface area contributed by atoms with Crippen molar-refractivity contribution in [3.8, 4) is 0 Å². The third-order valence-electron chi connectivity index (χ3n) is 3.43. The van der Waals surface area contributed by atoms with Gasteiger partial charge in [-0.2, -0.15) is 0 Å². The first kappa shape index (κ1) is 13.0. The van der Waals surface area contributed by atoms with Crippen molar-refractivity contribution in [3.63, 3.8) is 0 Å². The Kier molecular flexibility index (Phi) is 7.03. The van der Waals surface area contributed by atoms with Crippen LogP contribution in [0, 0.1) is 0 Å². The fraction of sp³-hybridized carbons (Fsp3) is 1.00. The molecule has 1 N–H and O–H groups in total. The van der Waals surface area contributed by atoms with Crippen LogP contribution in [-0.2, 0) is 4.74 Å². The molecule has 0 aliphatic heterocycles. The van der Waals surface area contributed by atoms with Gasteiger partial charge in [0, 0.05) is 12.6 Å². The molecule has 0 atom stereocenters. The van der Waals surface area contributed by atoms with Gasteiger partial charge in [-0.1, -0.05) is 26.2 Å². The van der Waals surface area contributed by atoms with Crippen LogP contribution in [0.2, 0.25) is 0 Å². The first-order valence-electron chi connectivity index (χ1n) is 6.65. The van der Waals surface area contributed by atoms with E-state index in [1.54, 1.807) is 0 Å². The molecule has 1 saturated carbocycles. The molecule has 1 fully saturated rings. The van der Waals surface area contributed by atoms with Crippen LogP contribution >= 0.6 is 0 Å². The van der Waals surface area contributed by atoms with E-state index in [9.17, 15) is 0 Å². The second-order valence-electron chi connectivity index (χ2n) is 4.69. The summed E-state index contributed by atoms with van der Waals surface area (Å²) in [5, 5.41) is 3.35. The number of nitrogens with one attached hydrogen (secondary N) is 1. The quantitative estimate of drug-likeness (QED) is 0.656. The minimum absolute atomic E-state index is 0.552. The molecule has 1 aliphatic rings. The summed E-state index contributed by atoms with van der Waals surface area (Å²) in [6.45, 7) is 3.23.